The zero-order valence-electron chi connectivity index (χ0n) is 9.61. The number of rotatable bonds is 5. The van der Waals surface area contributed by atoms with Gasteiger partial charge in [-0.15, -0.1) is 5.10 Å². The lowest BCUT2D eigenvalue weighted by Crippen LogP contribution is -2.38. The van der Waals surface area contributed by atoms with Gasteiger partial charge in [0.2, 0.25) is 0 Å². The molecule has 1 unspecified atom stereocenters. The molecule has 6 heteroatoms. The van der Waals surface area contributed by atoms with Crippen LogP contribution in [0, 0.1) is 0 Å². The number of hydrogen-bond acceptors (Lipinski definition) is 5. The van der Waals surface area contributed by atoms with Crippen molar-refractivity contribution in [2.45, 2.75) is 39.7 Å². The molecule has 16 heavy (non-hydrogen) atoms. The SMILES string of the molecule is CCC(=O)C(C)NC(=O)c1snnc1CC. The standard InChI is InChI=1S/C10H15N3O2S/c1-4-7-9(16-13-12-7)10(15)11-6(3)8(14)5-2/h6H,4-5H2,1-3H3,(H,11,15). The Morgan fingerprint density at radius 3 is 2.69 bits per heavy atom. The van der Waals surface area contributed by atoms with Gasteiger partial charge in [-0.1, -0.05) is 18.3 Å². The summed E-state index contributed by atoms with van der Waals surface area (Å²) in [6.45, 7) is 5.37. The summed E-state index contributed by atoms with van der Waals surface area (Å²) in [5.74, 6) is -0.245. The van der Waals surface area contributed by atoms with Crippen LogP contribution >= 0.6 is 11.5 Å². The monoisotopic (exact) mass is 241 g/mol. The van der Waals surface area contributed by atoms with Crippen molar-refractivity contribution in [1.29, 1.82) is 0 Å². The summed E-state index contributed by atoms with van der Waals surface area (Å²) in [4.78, 5) is 23.6. The van der Waals surface area contributed by atoms with Gasteiger partial charge in [0.05, 0.1) is 11.7 Å². The highest BCUT2D eigenvalue weighted by atomic mass is 32.1. The first kappa shape index (κ1) is 12.8. The fourth-order valence-electron chi connectivity index (χ4n) is 1.26. The molecule has 0 aliphatic heterocycles. The van der Waals surface area contributed by atoms with Crippen molar-refractivity contribution < 1.29 is 9.59 Å². The lowest BCUT2D eigenvalue weighted by atomic mass is 10.1. The number of carbonyl (C=O) groups excluding carboxylic acids is 2. The molecule has 1 heterocycles. The summed E-state index contributed by atoms with van der Waals surface area (Å²) >= 11 is 1.06. The quantitative estimate of drug-likeness (QED) is 0.840. The Hall–Kier alpha value is -1.30. The van der Waals surface area contributed by atoms with Gasteiger partial charge in [0.1, 0.15) is 4.88 Å². The van der Waals surface area contributed by atoms with Gasteiger partial charge >= 0.3 is 0 Å². The Balaban J connectivity index is 2.69. The third-order valence-corrected chi connectivity index (χ3v) is 3.04. The second-order valence-corrected chi connectivity index (χ2v) is 4.17. The number of carbonyl (C=O) groups is 2. The van der Waals surface area contributed by atoms with E-state index in [0.717, 1.165) is 11.5 Å². The Bertz CT molecular complexity index is 389. The van der Waals surface area contributed by atoms with Crippen LogP contribution < -0.4 is 5.32 Å². The van der Waals surface area contributed by atoms with E-state index in [1.54, 1.807) is 13.8 Å². The van der Waals surface area contributed by atoms with Crippen LogP contribution in [0.15, 0.2) is 0 Å². The van der Waals surface area contributed by atoms with Gasteiger partial charge in [-0.2, -0.15) is 0 Å². The molecule has 1 rings (SSSR count). The number of aryl methyl sites for hydroxylation is 1. The van der Waals surface area contributed by atoms with Gasteiger partial charge in [0.25, 0.3) is 5.91 Å². The molecular weight excluding hydrogens is 226 g/mol. The second-order valence-electron chi connectivity index (χ2n) is 3.42. The molecule has 0 spiro atoms. The molecule has 1 atom stereocenters. The molecule has 0 aliphatic rings. The number of amides is 1. The third-order valence-electron chi connectivity index (χ3n) is 2.28. The average molecular weight is 241 g/mol. The number of Topliss-reactive ketones (excluding diaryl/α,β-unsaturated/α-hetero) is 1. The number of aromatic nitrogens is 2. The molecule has 1 N–H and O–H groups in total. The summed E-state index contributed by atoms with van der Waals surface area (Å²) < 4.78 is 3.73. The van der Waals surface area contributed by atoms with Crippen molar-refractivity contribution in [3.05, 3.63) is 10.6 Å². The van der Waals surface area contributed by atoms with E-state index in [1.807, 2.05) is 6.92 Å². The molecule has 0 aromatic carbocycles. The van der Waals surface area contributed by atoms with Gasteiger partial charge < -0.3 is 5.32 Å². The van der Waals surface area contributed by atoms with E-state index in [-0.39, 0.29) is 11.7 Å². The topological polar surface area (TPSA) is 72.0 Å². The molecule has 1 amide bonds. The van der Waals surface area contributed by atoms with E-state index >= 15 is 0 Å². The van der Waals surface area contributed by atoms with Crippen LogP contribution in [0.2, 0.25) is 0 Å². The molecule has 0 saturated carbocycles. The second kappa shape index (κ2) is 5.69. The first-order valence-corrected chi connectivity index (χ1v) is 6.02. The van der Waals surface area contributed by atoms with Crippen molar-refractivity contribution >= 4 is 23.2 Å². The van der Waals surface area contributed by atoms with Crippen LogP contribution in [-0.2, 0) is 11.2 Å². The van der Waals surface area contributed by atoms with Crippen LogP contribution in [0.5, 0.6) is 0 Å². The number of hydrogen-bond donors (Lipinski definition) is 1. The minimum atomic E-state index is -0.454. The number of ketones is 1. The minimum absolute atomic E-state index is 0.0175. The van der Waals surface area contributed by atoms with Crippen molar-refractivity contribution in [1.82, 2.24) is 14.9 Å². The van der Waals surface area contributed by atoms with E-state index < -0.39 is 6.04 Å². The highest BCUT2D eigenvalue weighted by Crippen LogP contribution is 2.11. The van der Waals surface area contributed by atoms with Crippen LogP contribution in [-0.4, -0.2) is 27.3 Å². The molecule has 0 saturated heterocycles. The van der Waals surface area contributed by atoms with Crippen molar-refractivity contribution in [3.8, 4) is 0 Å². The number of nitrogens with zero attached hydrogens (tertiary/aromatic N) is 2. The lowest BCUT2D eigenvalue weighted by Gasteiger charge is -2.10. The van der Waals surface area contributed by atoms with Gasteiger partial charge in [-0.3, -0.25) is 9.59 Å². The molecule has 0 bridgehead atoms. The first-order valence-electron chi connectivity index (χ1n) is 5.24. The van der Waals surface area contributed by atoms with Crippen LogP contribution in [0.1, 0.15) is 42.6 Å². The molecule has 0 fully saturated rings. The smallest absolute Gasteiger partial charge is 0.265 e. The van der Waals surface area contributed by atoms with Crippen molar-refractivity contribution in [2.75, 3.05) is 0 Å². The van der Waals surface area contributed by atoms with E-state index in [0.29, 0.717) is 23.4 Å². The van der Waals surface area contributed by atoms with Crippen molar-refractivity contribution in [3.63, 3.8) is 0 Å². The Kier molecular flexibility index (Phi) is 4.54. The first-order chi connectivity index (χ1) is 7.60. The Labute approximate surface area is 98.4 Å². The predicted octanol–water partition coefficient (Wildman–Crippen LogP) is 1.20. The Morgan fingerprint density at radius 2 is 2.12 bits per heavy atom. The molecule has 88 valence electrons. The van der Waals surface area contributed by atoms with Gasteiger partial charge in [-0.25, -0.2) is 0 Å². The Morgan fingerprint density at radius 1 is 1.44 bits per heavy atom. The van der Waals surface area contributed by atoms with E-state index in [4.69, 9.17) is 0 Å². The van der Waals surface area contributed by atoms with Crippen LogP contribution in [0.3, 0.4) is 0 Å². The fraction of sp³-hybridized carbons (Fsp3) is 0.600. The summed E-state index contributed by atoms with van der Waals surface area (Å²) in [5, 5.41) is 6.50. The average Bonchev–Trinajstić information content (AvgIpc) is 2.75. The molecular formula is C10H15N3O2S. The van der Waals surface area contributed by atoms with Gasteiger partial charge in [-0.05, 0) is 24.9 Å². The van der Waals surface area contributed by atoms with Crippen LogP contribution in [0.25, 0.3) is 0 Å². The van der Waals surface area contributed by atoms with Crippen LogP contribution in [0.4, 0.5) is 0 Å². The van der Waals surface area contributed by atoms with Gasteiger partial charge in [0.15, 0.2) is 5.78 Å². The third kappa shape index (κ3) is 2.85. The normalized spacial score (nSPS) is 12.2. The van der Waals surface area contributed by atoms with E-state index in [9.17, 15) is 9.59 Å². The van der Waals surface area contributed by atoms with E-state index in [1.165, 1.54) is 0 Å². The largest absolute Gasteiger partial charge is 0.342 e. The molecule has 5 nitrogen and oxygen atoms in total. The molecule has 1 aromatic heterocycles. The summed E-state index contributed by atoms with van der Waals surface area (Å²) in [5.41, 5.74) is 0.679. The maximum absolute atomic E-state index is 11.8. The molecule has 1 aromatic rings. The summed E-state index contributed by atoms with van der Waals surface area (Å²) in [6, 6.07) is -0.454. The maximum Gasteiger partial charge on any atom is 0.265 e. The zero-order chi connectivity index (χ0) is 12.1. The van der Waals surface area contributed by atoms with Gasteiger partial charge in [0, 0.05) is 6.42 Å². The molecule has 0 aliphatic carbocycles. The lowest BCUT2D eigenvalue weighted by molar-refractivity contribution is -0.120. The highest BCUT2D eigenvalue weighted by Gasteiger charge is 2.19. The summed E-state index contributed by atoms with van der Waals surface area (Å²) in [6.07, 6.45) is 1.08. The zero-order valence-corrected chi connectivity index (χ0v) is 10.4. The highest BCUT2D eigenvalue weighted by molar-refractivity contribution is 7.08. The summed E-state index contributed by atoms with van der Waals surface area (Å²) in [7, 11) is 0. The minimum Gasteiger partial charge on any atom is -0.342 e. The maximum atomic E-state index is 11.8. The molecule has 0 radical (unpaired) electrons. The van der Waals surface area contributed by atoms with E-state index in [2.05, 4.69) is 14.9 Å². The predicted molar refractivity (Wildman–Crippen MR) is 61.5 cm³/mol. The van der Waals surface area contributed by atoms with Crippen molar-refractivity contribution in [2.24, 2.45) is 0 Å². The fourth-order valence-corrected chi connectivity index (χ4v) is 1.91. The number of nitrogens with one attached hydrogen (secondary N) is 1.